The second kappa shape index (κ2) is 8.23. The summed E-state index contributed by atoms with van der Waals surface area (Å²) < 4.78 is 7.87. The summed E-state index contributed by atoms with van der Waals surface area (Å²) in [4.78, 5) is 30.7. The minimum atomic E-state index is -0.435. The lowest BCUT2D eigenvalue weighted by Crippen LogP contribution is -2.32. The maximum absolute atomic E-state index is 13.3. The number of aromatic nitrogens is 4. The Morgan fingerprint density at radius 2 is 1.73 bits per heavy atom. The largest absolute Gasteiger partial charge is 0.497 e. The zero-order valence-corrected chi connectivity index (χ0v) is 18.1. The van der Waals surface area contributed by atoms with E-state index in [0.29, 0.717) is 22.7 Å². The number of nitrogens with one attached hydrogen (secondary N) is 1. The van der Waals surface area contributed by atoms with E-state index < -0.39 is 5.69 Å². The lowest BCUT2D eigenvalue weighted by atomic mass is 10.2. The van der Waals surface area contributed by atoms with Gasteiger partial charge in [0.2, 0.25) is 5.91 Å². The molecule has 0 fully saturated rings. The average molecular weight is 439 g/mol. The number of aryl methyl sites for hydroxylation is 1. The highest BCUT2D eigenvalue weighted by Crippen LogP contribution is 2.23. The predicted octanol–water partition coefficient (Wildman–Crippen LogP) is 3.67. The van der Waals surface area contributed by atoms with Crippen LogP contribution in [0.4, 0.5) is 5.69 Å². The molecule has 3 aromatic carbocycles. The van der Waals surface area contributed by atoms with E-state index in [0.717, 1.165) is 22.3 Å². The van der Waals surface area contributed by atoms with Gasteiger partial charge in [0.15, 0.2) is 11.5 Å². The molecule has 0 atom stereocenters. The van der Waals surface area contributed by atoms with Crippen LogP contribution in [-0.4, -0.2) is 32.2 Å². The van der Waals surface area contributed by atoms with E-state index in [-0.39, 0.29) is 12.5 Å². The third kappa shape index (κ3) is 3.82. The maximum Gasteiger partial charge on any atom is 0.351 e. The highest BCUT2D eigenvalue weighted by atomic mass is 16.5. The van der Waals surface area contributed by atoms with Gasteiger partial charge in [-0.15, -0.1) is 5.10 Å². The van der Waals surface area contributed by atoms with Crippen molar-refractivity contribution in [3.05, 3.63) is 88.8 Å². The number of anilines is 1. The van der Waals surface area contributed by atoms with Crippen LogP contribution in [0, 0.1) is 6.92 Å². The zero-order chi connectivity index (χ0) is 22.9. The number of benzene rings is 3. The quantitative estimate of drug-likeness (QED) is 0.451. The molecular formula is C25H21N5O3. The number of carbonyl (C=O) groups excluding carboxylic acids is 1. The lowest BCUT2D eigenvalue weighted by Gasteiger charge is -2.11. The molecule has 1 N–H and O–H groups in total. The Kier molecular flexibility index (Phi) is 5.10. The van der Waals surface area contributed by atoms with E-state index in [9.17, 15) is 9.59 Å². The van der Waals surface area contributed by atoms with Crippen LogP contribution >= 0.6 is 0 Å². The molecule has 0 aliphatic heterocycles. The summed E-state index contributed by atoms with van der Waals surface area (Å²) in [7, 11) is 1.60. The number of carbonyl (C=O) groups is 1. The lowest BCUT2D eigenvalue weighted by molar-refractivity contribution is -0.116. The predicted molar refractivity (Wildman–Crippen MR) is 127 cm³/mol. The Labute approximate surface area is 189 Å². The molecular weight excluding hydrogens is 418 g/mol. The average Bonchev–Trinajstić information content (AvgIpc) is 3.29. The summed E-state index contributed by atoms with van der Waals surface area (Å²) in [6.07, 6.45) is 0. The van der Waals surface area contributed by atoms with Gasteiger partial charge in [-0.3, -0.25) is 9.36 Å². The van der Waals surface area contributed by atoms with E-state index in [1.807, 2.05) is 73.7 Å². The summed E-state index contributed by atoms with van der Waals surface area (Å²) in [5, 5.41) is 8.02. The summed E-state index contributed by atoms with van der Waals surface area (Å²) >= 11 is 0. The van der Waals surface area contributed by atoms with E-state index in [1.54, 1.807) is 13.2 Å². The van der Waals surface area contributed by atoms with Crippen molar-refractivity contribution >= 4 is 28.1 Å². The van der Waals surface area contributed by atoms with Gasteiger partial charge < -0.3 is 10.1 Å². The van der Waals surface area contributed by atoms with Crippen molar-refractivity contribution in [3.63, 3.8) is 0 Å². The van der Waals surface area contributed by atoms with Crippen LogP contribution in [0.1, 0.15) is 5.56 Å². The van der Waals surface area contributed by atoms with E-state index in [1.165, 1.54) is 9.08 Å². The van der Waals surface area contributed by atoms with Crippen LogP contribution < -0.4 is 15.7 Å². The van der Waals surface area contributed by atoms with Gasteiger partial charge in [0.25, 0.3) is 0 Å². The van der Waals surface area contributed by atoms with E-state index in [4.69, 9.17) is 4.74 Å². The molecule has 2 heterocycles. The Bertz CT molecular complexity index is 1530. The van der Waals surface area contributed by atoms with Crippen LogP contribution in [0.15, 0.2) is 77.6 Å². The van der Waals surface area contributed by atoms with Crippen LogP contribution in [-0.2, 0) is 11.3 Å². The fraction of sp³-hybridized carbons (Fsp3) is 0.120. The van der Waals surface area contributed by atoms with Gasteiger partial charge in [0.1, 0.15) is 12.3 Å². The zero-order valence-electron chi connectivity index (χ0n) is 18.1. The van der Waals surface area contributed by atoms with Crippen molar-refractivity contribution in [1.29, 1.82) is 0 Å². The van der Waals surface area contributed by atoms with Crippen molar-refractivity contribution < 1.29 is 9.53 Å². The van der Waals surface area contributed by atoms with Crippen molar-refractivity contribution in [3.8, 4) is 17.1 Å². The first-order valence-electron chi connectivity index (χ1n) is 10.4. The molecule has 0 saturated carbocycles. The molecule has 8 nitrogen and oxygen atoms in total. The Balaban J connectivity index is 1.58. The third-order valence-corrected chi connectivity index (χ3v) is 5.44. The molecule has 33 heavy (non-hydrogen) atoms. The molecule has 5 rings (SSSR count). The maximum atomic E-state index is 13.3. The van der Waals surface area contributed by atoms with Gasteiger partial charge in [-0.2, -0.15) is 4.52 Å². The van der Waals surface area contributed by atoms with Crippen LogP contribution in [0.25, 0.3) is 27.9 Å². The number of hydrogen-bond donors (Lipinski definition) is 1. The van der Waals surface area contributed by atoms with Gasteiger partial charge in [-0.1, -0.05) is 29.8 Å². The van der Waals surface area contributed by atoms with Crippen molar-refractivity contribution in [1.82, 2.24) is 19.2 Å². The summed E-state index contributed by atoms with van der Waals surface area (Å²) in [6.45, 7) is 1.83. The first-order valence-corrected chi connectivity index (χ1v) is 10.4. The van der Waals surface area contributed by atoms with Gasteiger partial charge >= 0.3 is 5.69 Å². The van der Waals surface area contributed by atoms with E-state index in [2.05, 4.69) is 15.4 Å². The van der Waals surface area contributed by atoms with Gasteiger partial charge in [0, 0.05) is 16.6 Å². The first kappa shape index (κ1) is 20.4. The molecule has 164 valence electrons. The van der Waals surface area contributed by atoms with Gasteiger partial charge in [-0.05, 0) is 55.5 Å². The first-order chi connectivity index (χ1) is 16.0. The Hall–Kier alpha value is -4.46. The fourth-order valence-corrected chi connectivity index (χ4v) is 3.73. The third-order valence-electron chi connectivity index (χ3n) is 5.44. The van der Waals surface area contributed by atoms with Crippen molar-refractivity contribution in [2.75, 3.05) is 12.4 Å². The smallest absolute Gasteiger partial charge is 0.351 e. The molecule has 0 unspecified atom stereocenters. The normalized spacial score (nSPS) is 11.1. The highest BCUT2D eigenvalue weighted by Gasteiger charge is 2.17. The number of hydrogen-bond acceptors (Lipinski definition) is 5. The molecule has 0 spiro atoms. The number of rotatable bonds is 5. The minimum Gasteiger partial charge on any atom is -0.497 e. The molecule has 1 amide bonds. The summed E-state index contributed by atoms with van der Waals surface area (Å²) in [5.41, 5.74) is 3.15. The van der Waals surface area contributed by atoms with Gasteiger partial charge in [0.05, 0.1) is 12.6 Å². The summed E-state index contributed by atoms with van der Waals surface area (Å²) in [5.74, 6) is 0.831. The minimum absolute atomic E-state index is 0.152. The molecule has 5 aromatic rings. The second-order valence-corrected chi connectivity index (χ2v) is 7.70. The number of methoxy groups -OCH3 is 1. The van der Waals surface area contributed by atoms with Crippen LogP contribution in [0.2, 0.25) is 0 Å². The van der Waals surface area contributed by atoms with Crippen LogP contribution in [0.3, 0.4) is 0 Å². The number of nitrogens with zero attached hydrogens (tertiary/aromatic N) is 4. The summed E-state index contributed by atoms with van der Waals surface area (Å²) in [6, 6.07) is 22.2. The molecule has 0 aliphatic carbocycles. The number of fused-ring (bicyclic) bond motifs is 3. The highest BCUT2D eigenvalue weighted by molar-refractivity contribution is 5.95. The second-order valence-electron chi connectivity index (χ2n) is 7.70. The molecule has 0 radical (unpaired) electrons. The molecule has 0 saturated heterocycles. The van der Waals surface area contributed by atoms with Gasteiger partial charge in [-0.25, -0.2) is 9.78 Å². The van der Waals surface area contributed by atoms with Crippen molar-refractivity contribution in [2.45, 2.75) is 13.5 Å². The topological polar surface area (TPSA) is 90.5 Å². The number of ether oxygens (including phenoxy) is 1. The SMILES string of the molecule is COc1ccc(-c2nc3c4ccccc4n(CC(=O)Nc4ccc(C)cc4)c(=O)n3n2)cc1. The Morgan fingerprint density at radius 1 is 1.00 bits per heavy atom. The van der Waals surface area contributed by atoms with Crippen molar-refractivity contribution in [2.24, 2.45) is 0 Å². The monoisotopic (exact) mass is 439 g/mol. The number of para-hydroxylation sites is 1. The fourth-order valence-electron chi connectivity index (χ4n) is 3.73. The van der Waals surface area contributed by atoms with E-state index >= 15 is 0 Å². The Morgan fingerprint density at radius 3 is 2.45 bits per heavy atom. The number of amides is 1. The molecule has 2 aromatic heterocycles. The molecule has 8 heteroatoms. The molecule has 0 bridgehead atoms. The standard InChI is InChI=1S/C25H21N5O3/c1-16-7-11-18(12-8-16)26-22(31)15-29-21-6-4-3-5-20(21)24-27-23(28-30(24)25(29)32)17-9-13-19(33-2)14-10-17/h3-14H,15H2,1-2H3,(H,26,31). The molecule has 0 aliphatic rings. The van der Waals surface area contributed by atoms with Crippen LogP contribution in [0.5, 0.6) is 5.75 Å².